The van der Waals surface area contributed by atoms with E-state index in [1.54, 1.807) is 13.8 Å². The Morgan fingerprint density at radius 1 is 1.29 bits per heavy atom. The van der Waals surface area contributed by atoms with Crippen LogP contribution in [0.15, 0.2) is 23.0 Å². The van der Waals surface area contributed by atoms with Gasteiger partial charge >= 0.3 is 11.9 Å². The highest BCUT2D eigenvalue weighted by atomic mass is 16.5. The molecule has 0 N–H and O–H groups in total. The monoisotopic (exact) mass is 238 g/mol. The summed E-state index contributed by atoms with van der Waals surface area (Å²) in [5.74, 6) is -0.600. The smallest absolute Gasteiger partial charge is 0.338 e. The molecule has 0 fully saturated rings. The molecule has 2 rings (SSSR count). The number of fused-ring (bicyclic) bond motifs is 1. The first-order valence-electron chi connectivity index (χ1n) is 5.24. The lowest BCUT2D eigenvalue weighted by atomic mass is 9.65. The molecule has 0 amide bonds. The number of allylic oxidation sites excluding steroid dienone is 1. The number of carbonyl (C=O) groups excluding carboxylic acids is 2. The fraction of sp³-hybridized carbons (Fsp3) is 0.500. The topological polar surface area (TPSA) is 61.8 Å². The van der Waals surface area contributed by atoms with E-state index in [2.05, 4.69) is 9.47 Å². The van der Waals surface area contributed by atoms with Crippen LogP contribution in [0.2, 0.25) is 0 Å². The lowest BCUT2D eigenvalue weighted by Gasteiger charge is -2.42. The molecular weight excluding hydrogens is 224 g/mol. The highest BCUT2D eigenvalue weighted by Crippen LogP contribution is 2.53. The Balaban J connectivity index is 2.47. The van der Waals surface area contributed by atoms with Gasteiger partial charge in [-0.1, -0.05) is 0 Å². The lowest BCUT2D eigenvalue weighted by molar-refractivity contribution is -0.145. The third kappa shape index (κ3) is 1.38. The summed E-state index contributed by atoms with van der Waals surface area (Å²) < 4.78 is 15.0. The van der Waals surface area contributed by atoms with Crippen molar-refractivity contribution in [1.82, 2.24) is 0 Å². The first-order chi connectivity index (χ1) is 7.95. The van der Waals surface area contributed by atoms with Gasteiger partial charge in [0.25, 0.3) is 0 Å². The number of ether oxygens (including phenoxy) is 3. The normalized spacial score (nSPS) is 29.9. The Morgan fingerprint density at radius 2 is 1.88 bits per heavy atom. The quantitative estimate of drug-likeness (QED) is 0.670. The van der Waals surface area contributed by atoms with Gasteiger partial charge in [-0.15, -0.1) is 0 Å². The van der Waals surface area contributed by atoms with E-state index in [4.69, 9.17) is 4.74 Å². The van der Waals surface area contributed by atoms with E-state index in [-0.39, 0.29) is 11.5 Å². The zero-order valence-electron chi connectivity index (χ0n) is 10.2. The van der Waals surface area contributed by atoms with Crippen molar-refractivity contribution < 1.29 is 23.8 Å². The fourth-order valence-corrected chi connectivity index (χ4v) is 2.49. The van der Waals surface area contributed by atoms with Crippen molar-refractivity contribution in [3.05, 3.63) is 23.0 Å². The summed E-state index contributed by atoms with van der Waals surface area (Å²) in [6, 6.07) is 0. The van der Waals surface area contributed by atoms with Crippen LogP contribution in [0.25, 0.3) is 0 Å². The molecule has 1 heterocycles. The van der Waals surface area contributed by atoms with Crippen LogP contribution in [-0.4, -0.2) is 31.8 Å². The van der Waals surface area contributed by atoms with Crippen molar-refractivity contribution in [2.45, 2.75) is 19.4 Å². The van der Waals surface area contributed by atoms with E-state index < -0.39 is 17.5 Å². The van der Waals surface area contributed by atoms with Crippen LogP contribution in [0.3, 0.4) is 0 Å². The number of hydrogen-bond acceptors (Lipinski definition) is 5. The standard InChI is InChI=1S/C12H14O5/c1-6-5-7-8(10(13)15-3)9(11(14)16-4)12(7,2)17-6/h5,7H,1-4H3/t7-,12-/m0/s1. The third-order valence-electron chi connectivity index (χ3n) is 3.24. The molecule has 0 unspecified atom stereocenters. The molecule has 5 heteroatoms. The Morgan fingerprint density at radius 3 is 2.41 bits per heavy atom. The summed E-state index contributed by atoms with van der Waals surface area (Å²) in [5.41, 5.74) is -0.204. The molecule has 2 aliphatic rings. The van der Waals surface area contributed by atoms with E-state index in [0.29, 0.717) is 11.3 Å². The summed E-state index contributed by atoms with van der Waals surface area (Å²) in [7, 11) is 2.56. The summed E-state index contributed by atoms with van der Waals surface area (Å²) in [6.07, 6.45) is 1.82. The third-order valence-corrected chi connectivity index (χ3v) is 3.24. The van der Waals surface area contributed by atoms with Crippen LogP contribution in [-0.2, 0) is 23.8 Å². The maximum absolute atomic E-state index is 11.7. The van der Waals surface area contributed by atoms with Gasteiger partial charge < -0.3 is 14.2 Å². The Kier molecular flexibility index (Phi) is 2.49. The molecule has 0 saturated carbocycles. The van der Waals surface area contributed by atoms with Gasteiger partial charge in [-0.2, -0.15) is 0 Å². The SMILES string of the molecule is COC(=O)C1=C(C(=O)OC)[C@@]2(C)OC(C)=C[C@@H]12. The largest absolute Gasteiger partial charge is 0.487 e. The van der Waals surface area contributed by atoms with E-state index in [1.165, 1.54) is 14.2 Å². The highest BCUT2D eigenvalue weighted by Gasteiger charge is 2.60. The minimum absolute atomic E-state index is 0.232. The predicted molar refractivity (Wildman–Crippen MR) is 57.8 cm³/mol. The summed E-state index contributed by atoms with van der Waals surface area (Å²) in [6.45, 7) is 3.55. The minimum atomic E-state index is -0.791. The Bertz CT molecular complexity index is 460. The number of rotatable bonds is 2. The van der Waals surface area contributed by atoms with Crippen LogP contribution in [0.4, 0.5) is 0 Å². The first kappa shape index (κ1) is 11.7. The molecule has 1 aliphatic carbocycles. The molecule has 0 spiro atoms. The van der Waals surface area contributed by atoms with Crippen LogP contribution >= 0.6 is 0 Å². The molecule has 1 aliphatic heterocycles. The van der Waals surface area contributed by atoms with Crippen molar-refractivity contribution in [2.75, 3.05) is 14.2 Å². The average Bonchev–Trinajstić information content (AvgIpc) is 2.53. The van der Waals surface area contributed by atoms with E-state index >= 15 is 0 Å². The van der Waals surface area contributed by atoms with E-state index in [9.17, 15) is 9.59 Å². The molecule has 0 aromatic heterocycles. The summed E-state index contributed by atoms with van der Waals surface area (Å²) in [5, 5.41) is 0. The van der Waals surface area contributed by atoms with Crippen molar-refractivity contribution in [3.63, 3.8) is 0 Å². The van der Waals surface area contributed by atoms with Gasteiger partial charge in [-0.25, -0.2) is 9.59 Å². The van der Waals surface area contributed by atoms with E-state index in [1.807, 2.05) is 6.08 Å². The zero-order chi connectivity index (χ0) is 12.8. The van der Waals surface area contributed by atoms with Gasteiger partial charge in [0.1, 0.15) is 5.60 Å². The van der Waals surface area contributed by atoms with Crippen LogP contribution in [0.5, 0.6) is 0 Å². The molecule has 2 atom stereocenters. The average molecular weight is 238 g/mol. The maximum atomic E-state index is 11.7. The second-order valence-corrected chi connectivity index (χ2v) is 4.24. The second-order valence-electron chi connectivity index (χ2n) is 4.24. The lowest BCUT2D eigenvalue weighted by Crippen LogP contribution is -2.51. The van der Waals surface area contributed by atoms with Crippen molar-refractivity contribution in [3.8, 4) is 0 Å². The molecule has 92 valence electrons. The van der Waals surface area contributed by atoms with Crippen molar-refractivity contribution >= 4 is 11.9 Å². The molecule has 0 aromatic carbocycles. The fourth-order valence-electron chi connectivity index (χ4n) is 2.49. The molecule has 0 saturated heterocycles. The van der Waals surface area contributed by atoms with Gasteiger partial charge in [0, 0.05) is 0 Å². The van der Waals surface area contributed by atoms with Gasteiger partial charge in [-0.3, -0.25) is 0 Å². The molecule has 0 aromatic rings. The van der Waals surface area contributed by atoms with Gasteiger partial charge in [-0.05, 0) is 19.9 Å². The van der Waals surface area contributed by atoms with Crippen LogP contribution < -0.4 is 0 Å². The number of carbonyl (C=O) groups is 2. The first-order valence-corrected chi connectivity index (χ1v) is 5.24. The van der Waals surface area contributed by atoms with Crippen LogP contribution in [0, 0.1) is 5.92 Å². The van der Waals surface area contributed by atoms with Crippen molar-refractivity contribution in [2.24, 2.45) is 5.92 Å². The summed E-state index contributed by atoms with van der Waals surface area (Å²) >= 11 is 0. The van der Waals surface area contributed by atoms with Gasteiger partial charge in [0.15, 0.2) is 0 Å². The van der Waals surface area contributed by atoms with Gasteiger partial charge in [0.05, 0.1) is 37.0 Å². The molecule has 0 bridgehead atoms. The minimum Gasteiger partial charge on any atom is -0.487 e. The predicted octanol–water partition coefficient (Wildman–Crippen LogP) is 0.951. The van der Waals surface area contributed by atoms with Crippen molar-refractivity contribution in [1.29, 1.82) is 0 Å². The van der Waals surface area contributed by atoms with E-state index in [0.717, 1.165) is 0 Å². The maximum Gasteiger partial charge on any atom is 0.338 e. The molecule has 0 radical (unpaired) electrons. The highest BCUT2D eigenvalue weighted by molar-refractivity contribution is 6.06. The number of esters is 2. The Hall–Kier alpha value is -1.78. The zero-order valence-corrected chi connectivity index (χ0v) is 10.2. The number of methoxy groups -OCH3 is 2. The molecule has 17 heavy (non-hydrogen) atoms. The summed E-state index contributed by atoms with van der Waals surface area (Å²) in [4.78, 5) is 23.3. The second kappa shape index (κ2) is 3.61. The number of hydrogen-bond donors (Lipinski definition) is 0. The molecule has 5 nitrogen and oxygen atoms in total. The molecular formula is C12H14O5. The van der Waals surface area contributed by atoms with Crippen LogP contribution in [0.1, 0.15) is 13.8 Å². The van der Waals surface area contributed by atoms with Gasteiger partial charge in [0.2, 0.25) is 0 Å². The Labute approximate surface area is 99.0 Å².